The molecule has 0 aliphatic heterocycles. The Hall–Kier alpha value is -1.06. The number of amides is 1. The van der Waals surface area contributed by atoms with Crippen molar-refractivity contribution in [2.45, 2.75) is 46.6 Å². The molecule has 0 fully saturated rings. The highest BCUT2D eigenvalue weighted by Gasteiger charge is 2.20. The standard InChI is InChI=1S/C11H21NO3/c1-5-12(9(4)7-11(14)15)10(13)6-8(2)3/h8-9H,5-7H2,1-4H3,(H,14,15). The number of carbonyl (C=O) groups is 2. The predicted molar refractivity (Wildman–Crippen MR) is 58.6 cm³/mol. The Labute approximate surface area is 91.3 Å². The Balaban J connectivity index is 4.33. The zero-order valence-corrected chi connectivity index (χ0v) is 9.99. The van der Waals surface area contributed by atoms with Gasteiger partial charge in [0.15, 0.2) is 0 Å². The zero-order valence-electron chi connectivity index (χ0n) is 9.99. The minimum absolute atomic E-state index is 0.0116. The van der Waals surface area contributed by atoms with Crippen LogP contribution in [0.3, 0.4) is 0 Å². The molecule has 0 radical (unpaired) electrons. The number of nitrogens with zero attached hydrogens (tertiary/aromatic N) is 1. The monoisotopic (exact) mass is 215 g/mol. The quantitative estimate of drug-likeness (QED) is 0.734. The maximum atomic E-state index is 11.7. The SMILES string of the molecule is CCN(C(=O)CC(C)C)C(C)CC(=O)O. The molecule has 0 bridgehead atoms. The molecule has 0 heterocycles. The van der Waals surface area contributed by atoms with Gasteiger partial charge in [0, 0.05) is 19.0 Å². The van der Waals surface area contributed by atoms with Crippen molar-refractivity contribution < 1.29 is 14.7 Å². The molecule has 4 heteroatoms. The third-order valence-corrected chi connectivity index (χ3v) is 2.25. The zero-order chi connectivity index (χ0) is 12.0. The third kappa shape index (κ3) is 5.40. The molecule has 15 heavy (non-hydrogen) atoms. The van der Waals surface area contributed by atoms with Crippen molar-refractivity contribution in [1.29, 1.82) is 0 Å². The van der Waals surface area contributed by atoms with Crippen LogP contribution < -0.4 is 0 Å². The number of carbonyl (C=O) groups excluding carboxylic acids is 1. The van der Waals surface area contributed by atoms with Crippen molar-refractivity contribution in [3.8, 4) is 0 Å². The first-order valence-electron chi connectivity index (χ1n) is 5.39. The summed E-state index contributed by atoms with van der Waals surface area (Å²) in [6.45, 7) is 8.17. The van der Waals surface area contributed by atoms with Crippen molar-refractivity contribution in [2.24, 2.45) is 5.92 Å². The molecule has 0 aromatic carbocycles. The van der Waals surface area contributed by atoms with Gasteiger partial charge in [0.1, 0.15) is 0 Å². The average molecular weight is 215 g/mol. The van der Waals surface area contributed by atoms with Crippen LogP contribution in [0.25, 0.3) is 0 Å². The van der Waals surface area contributed by atoms with E-state index in [0.717, 1.165) is 0 Å². The van der Waals surface area contributed by atoms with Crippen LogP contribution in [0.15, 0.2) is 0 Å². The van der Waals surface area contributed by atoms with Crippen molar-refractivity contribution in [1.82, 2.24) is 4.90 Å². The van der Waals surface area contributed by atoms with E-state index in [4.69, 9.17) is 5.11 Å². The summed E-state index contributed by atoms with van der Waals surface area (Å²) < 4.78 is 0. The number of carboxylic acid groups (broad SMARTS) is 1. The summed E-state index contributed by atoms with van der Waals surface area (Å²) in [5, 5.41) is 8.65. The van der Waals surface area contributed by atoms with Gasteiger partial charge in [-0.15, -0.1) is 0 Å². The average Bonchev–Trinajstić information content (AvgIpc) is 2.01. The second-order valence-corrected chi connectivity index (χ2v) is 4.22. The molecule has 1 N–H and O–H groups in total. The first-order chi connectivity index (χ1) is 6.88. The molecule has 0 aromatic rings. The second-order valence-electron chi connectivity index (χ2n) is 4.22. The fraction of sp³-hybridized carbons (Fsp3) is 0.818. The number of hydrogen-bond acceptors (Lipinski definition) is 2. The highest BCUT2D eigenvalue weighted by molar-refractivity contribution is 5.77. The van der Waals surface area contributed by atoms with E-state index in [0.29, 0.717) is 18.9 Å². The molecule has 0 rings (SSSR count). The van der Waals surface area contributed by atoms with Crippen LogP contribution in [0, 0.1) is 5.92 Å². The van der Waals surface area contributed by atoms with Crippen LogP contribution in [0.4, 0.5) is 0 Å². The molecule has 0 spiro atoms. The van der Waals surface area contributed by atoms with Crippen molar-refractivity contribution in [3.63, 3.8) is 0 Å². The Morgan fingerprint density at radius 3 is 2.07 bits per heavy atom. The molecule has 1 atom stereocenters. The highest BCUT2D eigenvalue weighted by Crippen LogP contribution is 2.09. The fourth-order valence-corrected chi connectivity index (χ4v) is 1.56. The van der Waals surface area contributed by atoms with Crippen molar-refractivity contribution in [2.75, 3.05) is 6.54 Å². The molecule has 1 amide bonds. The van der Waals surface area contributed by atoms with Crippen LogP contribution in [0.2, 0.25) is 0 Å². The van der Waals surface area contributed by atoms with Crippen LogP contribution >= 0.6 is 0 Å². The van der Waals surface area contributed by atoms with Crippen molar-refractivity contribution in [3.05, 3.63) is 0 Å². The number of aliphatic carboxylic acids is 1. The van der Waals surface area contributed by atoms with Crippen molar-refractivity contribution >= 4 is 11.9 Å². The molecule has 0 aliphatic rings. The van der Waals surface area contributed by atoms with E-state index in [9.17, 15) is 9.59 Å². The van der Waals surface area contributed by atoms with Gasteiger partial charge < -0.3 is 10.0 Å². The topological polar surface area (TPSA) is 57.6 Å². The second kappa shape index (κ2) is 6.43. The van der Waals surface area contributed by atoms with Crippen LogP contribution in [0.5, 0.6) is 0 Å². The van der Waals surface area contributed by atoms with Crippen LogP contribution in [0.1, 0.15) is 40.5 Å². The normalized spacial score (nSPS) is 12.6. The molecule has 1 unspecified atom stereocenters. The van der Waals surface area contributed by atoms with Gasteiger partial charge in [-0.1, -0.05) is 13.8 Å². The van der Waals surface area contributed by atoms with E-state index in [2.05, 4.69) is 0 Å². The van der Waals surface area contributed by atoms with Gasteiger partial charge in [0.2, 0.25) is 5.91 Å². The van der Waals surface area contributed by atoms with Gasteiger partial charge in [0.05, 0.1) is 6.42 Å². The molecule has 0 aromatic heterocycles. The minimum atomic E-state index is -0.863. The Bertz CT molecular complexity index is 226. The Kier molecular flexibility index (Phi) is 5.97. The van der Waals surface area contributed by atoms with E-state index in [1.54, 1.807) is 11.8 Å². The smallest absolute Gasteiger partial charge is 0.305 e. The lowest BCUT2D eigenvalue weighted by Gasteiger charge is -2.27. The molecule has 88 valence electrons. The predicted octanol–water partition coefficient (Wildman–Crippen LogP) is 1.74. The summed E-state index contributed by atoms with van der Waals surface area (Å²) in [6.07, 6.45) is 0.496. The summed E-state index contributed by atoms with van der Waals surface area (Å²) in [7, 11) is 0. The summed E-state index contributed by atoms with van der Waals surface area (Å²) >= 11 is 0. The maximum absolute atomic E-state index is 11.7. The summed E-state index contributed by atoms with van der Waals surface area (Å²) in [5.74, 6) is -0.511. The van der Waals surface area contributed by atoms with Crippen LogP contribution in [-0.2, 0) is 9.59 Å². The maximum Gasteiger partial charge on any atom is 0.305 e. The molecule has 0 aliphatic carbocycles. The van der Waals surface area contributed by atoms with Gasteiger partial charge in [-0.25, -0.2) is 0 Å². The van der Waals surface area contributed by atoms with E-state index in [1.165, 1.54) is 0 Å². The molecular formula is C11H21NO3. The third-order valence-electron chi connectivity index (χ3n) is 2.25. The molecule has 0 saturated heterocycles. The van der Waals surface area contributed by atoms with Gasteiger partial charge in [-0.3, -0.25) is 9.59 Å². The van der Waals surface area contributed by atoms with E-state index >= 15 is 0 Å². The van der Waals surface area contributed by atoms with Gasteiger partial charge in [-0.05, 0) is 19.8 Å². The van der Waals surface area contributed by atoms with E-state index < -0.39 is 5.97 Å². The van der Waals surface area contributed by atoms with Gasteiger partial charge in [0.25, 0.3) is 0 Å². The van der Waals surface area contributed by atoms with Gasteiger partial charge >= 0.3 is 5.97 Å². The van der Waals surface area contributed by atoms with E-state index in [1.807, 2.05) is 20.8 Å². The fourth-order valence-electron chi connectivity index (χ4n) is 1.56. The lowest BCUT2D eigenvalue weighted by molar-refractivity contribution is -0.140. The summed E-state index contributed by atoms with van der Waals surface area (Å²) in [5.41, 5.74) is 0. The van der Waals surface area contributed by atoms with Crippen LogP contribution in [-0.4, -0.2) is 34.5 Å². The minimum Gasteiger partial charge on any atom is -0.481 e. The highest BCUT2D eigenvalue weighted by atomic mass is 16.4. The van der Waals surface area contributed by atoms with Gasteiger partial charge in [-0.2, -0.15) is 0 Å². The lowest BCUT2D eigenvalue weighted by Crippen LogP contribution is -2.40. The van der Waals surface area contributed by atoms with E-state index in [-0.39, 0.29) is 18.4 Å². The number of hydrogen-bond donors (Lipinski definition) is 1. The summed E-state index contributed by atoms with van der Waals surface area (Å²) in [4.78, 5) is 23.9. The number of carboxylic acids is 1. The Morgan fingerprint density at radius 1 is 1.20 bits per heavy atom. The molecule has 4 nitrogen and oxygen atoms in total. The largest absolute Gasteiger partial charge is 0.481 e. The summed E-state index contributed by atoms with van der Waals surface area (Å²) in [6, 6.07) is -0.223. The lowest BCUT2D eigenvalue weighted by atomic mass is 10.1. The molecular weight excluding hydrogens is 194 g/mol. The first-order valence-corrected chi connectivity index (χ1v) is 5.39. The molecule has 0 saturated carbocycles. The number of rotatable bonds is 6. The Morgan fingerprint density at radius 2 is 1.73 bits per heavy atom. The first kappa shape index (κ1) is 13.9.